The van der Waals surface area contributed by atoms with E-state index < -0.39 is 5.41 Å². The molecule has 5 rings (SSSR count). The van der Waals surface area contributed by atoms with Crippen molar-refractivity contribution in [2.24, 2.45) is 0 Å². The van der Waals surface area contributed by atoms with E-state index in [0.717, 1.165) is 41.0 Å². The second-order valence-electron chi connectivity index (χ2n) is 7.96. The zero-order chi connectivity index (χ0) is 18.1. The highest BCUT2D eigenvalue weighted by Crippen LogP contribution is 2.48. The van der Waals surface area contributed by atoms with Crippen LogP contribution in [0.15, 0.2) is 48.5 Å². The lowest BCUT2D eigenvalue weighted by atomic mass is 9.70. The number of nitrogens with zero attached hydrogens (tertiary/aromatic N) is 2. The van der Waals surface area contributed by atoms with Crippen LogP contribution in [-0.2, 0) is 12.0 Å². The van der Waals surface area contributed by atoms with Gasteiger partial charge in [-0.1, -0.05) is 41.9 Å². The molecule has 0 amide bonds. The fourth-order valence-electron chi connectivity index (χ4n) is 4.99. The summed E-state index contributed by atoms with van der Waals surface area (Å²) in [5, 5.41) is 1.84. The molecule has 0 N–H and O–H groups in total. The summed E-state index contributed by atoms with van der Waals surface area (Å²) in [6, 6.07) is 16.1. The number of aromatic nitrogens is 1. The lowest BCUT2D eigenvalue weighted by Crippen LogP contribution is -2.47. The van der Waals surface area contributed by atoms with Crippen molar-refractivity contribution in [1.82, 2.24) is 9.47 Å². The van der Waals surface area contributed by atoms with Crippen molar-refractivity contribution >= 4 is 28.4 Å². The zero-order valence-electron chi connectivity index (χ0n) is 15.0. The van der Waals surface area contributed by atoms with E-state index in [0.29, 0.717) is 5.92 Å². The summed E-state index contributed by atoms with van der Waals surface area (Å²) < 4.78 is 2.00. The average Bonchev–Trinajstić information content (AvgIpc) is 2.95. The third-order valence-electron chi connectivity index (χ3n) is 6.16. The number of rotatable bonds is 1. The molecule has 2 unspecified atom stereocenters. The summed E-state index contributed by atoms with van der Waals surface area (Å²) in [5.74, 6) is 0.524. The van der Waals surface area contributed by atoms with Crippen LogP contribution in [0.1, 0.15) is 40.9 Å². The van der Waals surface area contributed by atoms with Crippen LogP contribution in [0.25, 0.3) is 10.9 Å². The van der Waals surface area contributed by atoms with Gasteiger partial charge in [0.1, 0.15) is 0 Å². The van der Waals surface area contributed by atoms with Gasteiger partial charge in [-0.3, -0.25) is 9.36 Å². The molecule has 3 heterocycles. The fourth-order valence-corrected chi connectivity index (χ4v) is 5.17. The van der Waals surface area contributed by atoms with Gasteiger partial charge in [-0.25, -0.2) is 0 Å². The Morgan fingerprint density at radius 2 is 1.92 bits per heavy atom. The average molecular weight is 365 g/mol. The van der Waals surface area contributed by atoms with Gasteiger partial charge in [0.05, 0.1) is 10.9 Å². The molecule has 0 saturated heterocycles. The molecule has 3 aromatic rings. The minimum atomic E-state index is -0.514. The number of hydrogen-bond acceptors (Lipinski definition) is 2. The molecular weight excluding hydrogens is 344 g/mol. The quantitative estimate of drug-likeness (QED) is 0.618. The summed E-state index contributed by atoms with van der Waals surface area (Å²) in [6.45, 7) is 3.95. The van der Waals surface area contributed by atoms with Gasteiger partial charge in [0.2, 0.25) is 5.91 Å². The van der Waals surface area contributed by atoms with Gasteiger partial charge in [0.15, 0.2) is 0 Å². The summed E-state index contributed by atoms with van der Waals surface area (Å²) in [5.41, 5.74) is 4.05. The van der Waals surface area contributed by atoms with Gasteiger partial charge < -0.3 is 4.90 Å². The van der Waals surface area contributed by atoms with Gasteiger partial charge in [-0.05, 0) is 49.7 Å². The van der Waals surface area contributed by atoms with E-state index in [2.05, 4.69) is 31.0 Å². The molecule has 1 aromatic heterocycles. The summed E-state index contributed by atoms with van der Waals surface area (Å²) in [7, 11) is 2.16. The molecule has 3 nitrogen and oxygen atoms in total. The molecular formula is C22H21ClN2O. The maximum absolute atomic E-state index is 13.7. The number of halogens is 1. The van der Waals surface area contributed by atoms with Crippen LogP contribution >= 0.6 is 11.6 Å². The number of carbonyl (C=O) groups excluding carboxylic acids is 1. The van der Waals surface area contributed by atoms with Crippen molar-refractivity contribution in [2.45, 2.75) is 31.2 Å². The molecule has 0 saturated carbocycles. The maximum Gasteiger partial charge on any atom is 0.241 e. The van der Waals surface area contributed by atoms with Crippen LogP contribution in [0.3, 0.4) is 0 Å². The lowest BCUT2D eigenvalue weighted by molar-refractivity contribution is 0.0743. The van der Waals surface area contributed by atoms with E-state index >= 15 is 0 Å². The van der Waals surface area contributed by atoms with E-state index in [1.54, 1.807) is 0 Å². The van der Waals surface area contributed by atoms with Gasteiger partial charge in [-0.2, -0.15) is 0 Å². The number of likely N-dealkylation sites (N-methyl/N-ethyl adjacent to an activating group) is 1. The zero-order valence-corrected chi connectivity index (χ0v) is 15.8. The highest BCUT2D eigenvalue weighted by molar-refractivity contribution is 6.31. The first-order chi connectivity index (χ1) is 12.5. The van der Waals surface area contributed by atoms with Gasteiger partial charge in [-0.15, -0.1) is 0 Å². The molecule has 4 heteroatoms. The largest absolute Gasteiger partial charge is 0.301 e. The molecule has 2 aliphatic heterocycles. The van der Waals surface area contributed by atoms with Crippen LogP contribution in [0.4, 0.5) is 0 Å². The Bertz CT molecular complexity index is 1040. The van der Waals surface area contributed by atoms with Crippen molar-refractivity contribution in [3.05, 3.63) is 70.4 Å². The van der Waals surface area contributed by atoms with E-state index in [4.69, 9.17) is 11.6 Å². The Balaban J connectivity index is 1.82. The Morgan fingerprint density at radius 1 is 1.15 bits per heavy atom. The number of hydrogen-bond donors (Lipinski definition) is 0. The molecule has 0 radical (unpaired) electrons. The predicted octanol–water partition coefficient (Wildman–Crippen LogP) is 4.83. The first kappa shape index (κ1) is 16.1. The van der Waals surface area contributed by atoms with Gasteiger partial charge in [0.25, 0.3) is 0 Å². The second kappa shape index (κ2) is 5.45. The Kier molecular flexibility index (Phi) is 3.37. The molecule has 0 aliphatic carbocycles. The third kappa shape index (κ3) is 2.07. The summed E-state index contributed by atoms with van der Waals surface area (Å²) >= 11 is 6.28. The van der Waals surface area contributed by atoms with Crippen LogP contribution in [-0.4, -0.2) is 29.0 Å². The van der Waals surface area contributed by atoms with E-state index in [1.807, 2.05) is 41.0 Å². The van der Waals surface area contributed by atoms with E-state index in [1.165, 1.54) is 11.3 Å². The predicted molar refractivity (Wildman–Crippen MR) is 105 cm³/mol. The summed E-state index contributed by atoms with van der Waals surface area (Å²) in [6.07, 6.45) is 0.844. The Labute approximate surface area is 158 Å². The normalized spacial score (nSPS) is 25.5. The molecule has 0 spiro atoms. The number of carbonyl (C=O) groups is 1. The first-order valence-corrected chi connectivity index (χ1v) is 9.48. The van der Waals surface area contributed by atoms with Crippen molar-refractivity contribution in [2.75, 3.05) is 13.6 Å². The fraction of sp³-hybridized carbons (Fsp3) is 0.318. The van der Waals surface area contributed by atoms with Crippen LogP contribution in [0, 0.1) is 0 Å². The molecule has 0 fully saturated rings. The first-order valence-electron chi connectivity index (χ1n) is 9.10. The van der Waals surface area contributed by atoms with Crippen LogP contribution < -0.4 is 0 Å². The van der Waals surface area contributed by atoms with E-state index in [9.17, 15) is 4.79 Å². The van der Waals surface area contributed by atoms with Crippen molar-refractivity contribution in [3.8, 4) is 0 Å². The van der Waals surface area contributed by atoms with Gasteiger partial charge in [0, 0.05) is 35.1 Å². The Morgan fingerprint density at radius 3 is 2.69 bits per heavy atom. The standard InChI is InChI=1S/C22H21ClN2O/c1-22(15-6-4-3-5-7-15)11-14-12-24(2)13-18-17-10-16(23)8-9-19(17)25(20(14)18)21(22)26/h3-10,14H,11-13H2,1-2H3. The monoisotopic (exact) mass is 364 g/mol. The highest BCUT2D eigenvalue weighted by Gasteiger charge is 2.47. The molecule has 2 aromatic carbocycles. The molecule has 2 aliphatic rings. The van der Waals surface area contributed by atoms with Crippen molar-refractivity contribution < 1.29 is 4.79 Å². The van der Waals surface area contributed by atoms with E-state index in [-0.39, 0.29) is 5.91 Å². The second-order valence-corrected chi connectivity index (χ2v) is 8.40. The molecule has 26 heavy (non-hydrogen) atoms. The third-order valence-corrected chi connectivity index (χ3v) is 6.40. The minimum Gasteiger partial charge on any atom is -0.301 e. The molecule has 132 valence electrons. The number of fused-ring (bicyclic) bond motifs is 3. The maximum atomic E-state index is 13.7. The van der Waals surface area contributed by atoms with Crippen molar-refractivity contribution in [3.63, 3.8) is 0 Å². The van der Waals surface area contributed by atoms with Crippen LogP contribution in [0.5, 0.6) is 0 Å². The minimum absolute atomic E-state index is 0.179. The smallest absolute Gasteiger partial charge is 0.241 e. The molecule has 0 bridgehead atoms. The van der Waals surface area contributed by atoms with Crippen LogP contribution in [0.2, 0.25) is 5.02 Å². The SMILES string of the molecule is CN1Cc2c3n(c4ccc(Cl)cc24)C(=O)C(C)(c2ccccc2)CC3C1. The highest BCUT2D eigenvalue weighted by atomic mass is 35.5. The Hall–Kier alpha value is -2.10. The summed E-state index contributed by atoms with van der Waals surface area (Å²) in [4.78, 5) is 16.1. The van der Waals surface area contributed by atoms with Crippen molar-refractivity contribution in [1.29, 1.82) is 0 Å². The topological polar surface area (TPSA) is 25.2 Å². The molecule has 2 atom stereocenters. The lowest BCUT2D eigenvalue weighted by Gasteiger charge is -2.42. The number of benzene rings is 2. The van der Waals surface area contributed by atoms with Gasteiger partial charge >= 0.3 is 0 Å².